The Morgan fingerprint density at radius 3 is 2.65 bits per heavy atom. The second kappa shape index (κ2) is 5.20. The quantitative estimate of drug-likeness (QED) is 0.694. The molecule has 1 rings (SSSR count). The first-order valence-electron chi connectivity index (χ1n) is 5.08. The summed E-state index contributed by atoms with van der Waals surface area (Å²) in [6, 6.07) is 0. The number of alkyl halides is 3. The summed E-state index contributed by atoms with van der Waals surface area (Å²) < 4.78 is 41.2. The van der Waals surface area contributed by atoms with Gasteiger partial charge in [-0.25, -0.2) is 4.79 Å². The minimum Gasteiger partial charge on any atom is -0.463 e. The molecule has 0 saturated heterocycles. The molecule has 1 amide bonds. The fourth-order valence-corrected chi connectivity index (χ4v) is 1.47. The highest BCUT2D eigenvalue weighted by Crippen LogP contribution is 2.21. The predicted octanol–water partition coefficient (Wildman–Crippen LogP) is 1.27. The van der Waals surface area contributed by atoms with Gasteiger partial charge < -0.3 is 9.64 Å². The lowest BCUT2D eigenvalue weighted by Gasteiger charge is -2.27. The first-order valence-corrected chi connectivity index (χ1v) is 5.08. The number of hydrogen-bond donors (Lipinski definition) is 0. The van der Waals surface area contributed by atoms with E-state index in [9.17, 15) is 22.8 Å². The highest BCUT2D eigenvalue weighted by Gasteiger charge is 2.43. The topological polar surface area (TPSA) is 46.6 Å². The Morgan fingerprint density at radius 1 is 1.47 bits per heavy atom. The van der Waals surface area contributed by atoms with Gasteiger partial charge in [-0.3, -0.25) is 4.79 Å². The summed E-state index contributed by atoms with van der Waals surface area (Å²) in [6.07, 6.45) is -3.19. The zero-order valence-corrected chi connectivity index (χ0v) is 9.21. The van der Waals surface area contributed by atoms with Crippen LogP contribution in [0.3, 0.4) is 0 Å². The van der Waals surface area contributed by atoms with E-state index in [1.54, 1.807) is 6.92 Å². The summed E-state index contributed by atoms with van der Waals surface area (Å²) in [6.45, 7) is 1.35. The van der Waals surface area contributed by atoms with Gasteiger partial charge in [0, 0.05) is 6.54 Å². The Bertz CT molecular complexity index is 349. The molecule has 0 aromatic heterocycles. The van der Waals surface area contributed by atoms with Crippen LogP contribution in [-0.2, 0) is 14.3 Å². The number of rotatable bonds is 2. The van der Waals surface area contributed by atoms with Crippen molar-refractivity contribution in [1.29, 1.82) is 0 Å². The van der Waals surface area contributed by atoms with E-state index in [4.69, 9.17) is 0 Å². The number of esters is 1. The zero-order valence-electron chi connectivity index (χ0n) is 9.21. The molecule has 0 N–H and O–H groups in total. The van der Waals surface area contributed by atoms with E-state index in [1.807, 2.05) is 0 Å². The molecule has 1 aliphatic heterocycles. The smallest absolute Gasteiger partial charge is 0.463 e. The second-order valence-corrected chi connectivity index (χ2v) is 3.46. The standard InChI is InChI=1S/C10H12F3NO3/c1-2-17-8(15)7-4-3-5-14(6-7)9(16)10(11,12)13/h4H,2-3,5-6H2,1H3. The van der Waals surface area contributed by atoms with Crippen LogP contribution < -0.4 is 0 Å². The van der Waals surface area contributed by atoms with Crippen molar-refractivity contribution in [1.82, 2.24) is 4.90 Å². The molecule has 0 aliphatic carbocycles. The highest BCUT2D eigenvalue weighted by molar-refractivity contribution is 5.91. The van der Waals surface area contributed by atoms with Gasteiger partial charge in [0.2, 0.25) is 0 Å². The molecule has 0 spiro atoms. The van der Waals surface area contributed by atoms with E-state index in [-0.39, 0.29) is 31.7 Å². The van der Waals surface area contributed by atoms with Crippen LogP contribution in [0.25, 0.3) is 0 Å². The third-order valence-electron chi connectivity index (χ3n) is 2.22. The van der Waals surface area contributed by atoms with Crippen LogP contribution in [0.1, 0.15) is 13.3 Å². The van der Waals surface area contributed by atoms with Crippen LogP contribution in [0.4, 0.5) is 13.2 Å². The van der Waals surface area contributed by atoms with Crippen molar-refractivity contribution < 1.29 is 27.5 Å². The molecule has 0 fully saturated rings. The van der Waals surface area contributed by atoms with Gasteiger partial charge in [-0.2, -0.15) is 13.2 Å². The van der Waals surface area contributed by atoms with Crippen molar-refractivity contribution in [2.75, 3.05) is 19.7 Å². The van der Waals surface area contributed by atoms with Crippen LogP contribution in [0.15, 0.2) is 11.6 Å². The summed E-state index contributed by atoms with van der Waals surface area (Å²) in [7, 11) is 0. The maximum absolute atomic E-state index is 12.2. The molecule has 96 valence electrons. The summed E-state index contributed by atoms with van der Waals surface area (Å²) >= 11 is 0. The van der Waals surface area contributed by atoms with Gasteiger partial charge in [0.25, 0.3) is 0 Å². The molecule has 0 aromatic carbocycles. The summed E-state index contributed by atoms with van der Waals surface area (Å²) in [5, 5.41) is 0. The molecule has 0 atom stereocenters. The van der Waals surface area contributed by atoms with Crippen LogP contribution in [0, 0.1) is 0 Å². The number of nitrogens with zero attached hydrogens (tertiary/aromatic N) is 1. The molecule has 7 heteroatoms. The Balaban J connectivity index is 2.69. The number of hydrogen-bond acceptors (Lipinski definition) is 3. The largest absolute Gasteiger partial charge is 0.471 e. The van der Waals surface area contributed by atoms with Crippen molar-refractivity contribution in [2.24, 2.45) is 0 Å². The van der Waals surface area contributed by atoms with E-state index < -0.39 is 18.1 Å². The van der Waals surface area contributed by atoms with Crippen molar-refractivity contribution in [2.45, 2.75) is 19.5 Å². The van der Waals surface area contributed by atoms with Gasteiger partial charge in [-0.1, -0.05) is 6.08 Å². The first-order chi connectivity index (χ1) is 7.86. The average molecular weight is 251 g/mol. The highest BCUT2D eigenvalue weighted by atomic mass is 19.4. The summed E-state index contributed by atoms with van der Waals surface area (Å²) in [5.74, 6) is -2.60. The molecular weight excluding hydrogens is 239 g/mol. The normalized spacial score (nSPS) is 16.5. The maximum atomic E-state index is 12.2. The Labute approximate surface area is 96.0 Å². The van der Waals surface area contributed by atoms with Crippen molar-refractivity contribution in [3.8, 4) is 0 Å². The molecule has 0 saturated carbocycles. The molecule has 0 radical (unpaired) electrons. The van der Waals surface area contributed by atoms with Crippen LogP contribution >= 0.6 is 0 Å². The molecule has 1 aliphatic rings. The van der Waals surface area contributed by atoms with Gasteiger partial charge >= 0.3 is 18.1 Å². The molecule has 0 bridgehead atoms. The third kappa shape index (κ3) is 3.47. The van der Waals surface area contributed by atoms with Crippen molar-refractivity contribution in [3.63, 3.8) is 0 Å². The van der Waals surface area contributed by atoms with E-state index in [1.165, 1.54) is 6.08 Å². The summed E-state index contributed by atoms with van der Waals surface area (Å²) in [4.78, 5) is 22.9. The predicted molar refractivity (Wildman–Crippen MR) is 52.0 cm³/mol. The van der Waals surface area contributed by atoms with Gasteiger partial charge in [-0.15, -0.1) is 0 Å². The molecule has 0 unspecified atom stereocenters. The van der Waals surface area contributed by atoms with Gasteiger partial charge in [-0.05, 0) is 13.3 Å². The van der Waals surface area contributed by atoms with Crippen LogP contribution in [-0.4, -0.2) is 42.6 Å². The van der Waals surface area contributed by atoms with E-state index in [0.717, 1.165) is 0 Å². The fraction of sp³-hybridized carbons (Fsp3) is 0.600. The molecule has 17 heavy (non-hydrogen) atoms. The van der Waals surface area contributed by atoms with E-state index in [2.05, 4.69) is 4.74 Å². The Hall–Kier alpha value is -1.53. The van der Waals surface area contributed by atoms with Crippen molar-refractivity contribution >= 4 is 11.9 Å². The zero-order chi connectivity index (χ0) is 13.1. The average Bonchev–Trinajstić information content (AvgIpc) is 2.27. The van der Waals surface area contributed by atoms with Crippen LogP contribution in [0.5, 0.6) is 0 Å². The van der Waals surface area contributed by atoms with E-state index in [0.29, 0.717) is 4.90 Å². The lowest BCUT2D eigenvalue weighted by molar-refractivity contribution is -0.185. The van der Waals surface area contributed by atoms with E-state index >= 15 is 0 Å². The number of amides is 1. The van der Waals surface area contributed by atoms with Gasteiger partial charge in [0.05, 0.1) is 18.7 Å². The minimum absolute atomic E-state index is 0.0404. The molecule has 0 aromatic rings. The third-order valence-corrected chi connectivity index (χ3v) is 2.22. The fourth-order valence-electron chi connectivity index (χ4n) is 1.47. The second-order valence-electron chi connectivity index (χ2n) is 3.46. The molecule has 1 heterocycles. The number of halogens is 3. The van der Waals surface area contributed by atoms with Crippen molar-refractivity contribution in [3.05, 3.63) is 11.6 Å². The van der Waals surface area contributed by atoms with Gasteiger partial charge in [0.1, 0.15) is 0 Å². The SMILES string of the molecule is CCOC(=O)C1=CCCN(C(=O)C(F)(F)F)C1. The lowest BCUT2D eigenvalue weighted by atomic mass is 10.1. The number of carbonyl (C=O) groups is 2. The Kier molecular flexibility index (Phi) is 4.14. The maximum Gasteiger partial charge on any atom is 0.471 e. The number of ether oxygens (including phenoxy) is 1. The summed E-state index contributed by atoms with van der Waals surface area (Å²) in [5.41, 5.74) is 0.0932. The first kappa shape index (κ1) is 13.5. The Morgan fingerprint density at radius 2 is 2.12 bits per heavy atom. The molecular formula is C10H12F3NO3. The minimum atomic E-state index is -4.91. The van der Waals surface area contributed by atoms with Gasteiger partial charge in [0.15, 0.2) is 0 Å². The lowest BCUT2D eigenvalue weighted by Crippen LogP contribution is -2.44. The van der Waals surface area contributed by atoms with Crippen LogP contribution in [0.2, 0.25) is 0 Å². The monoisotopic (exact) mass is 251 g/mol. The molecule has 4 nitrogen and oxygen atoms in total. The number of carbonyl (C=O) groups excluding carboxylic acids is 2.